The lowest BCUT2D eigenvalue weighted by molar-refractivity contribution is 0.0948. The van der Waals surface area contributed by atoms with Gasteiger partial charge in [-0.25, -0.2) is 8.42 Å². The maximum absolute atomic E-state index is 12.0. The molecular weight excluding hydrogens is 222 g/mol. The molecule has 3 nitrogen and oxygen atoms in total. The highest BCUT2D eigenvalue weighted by Gasteiger charge is 2.41. The smallest absolute Gasteiger partial charge is 0.155 e. The highest BCUT2D eigenvalue weighted by molar-refractivity contribution is 7.92. The van der Waals surface area contributed by atoms with E-state index >= 15 is 0 Å². The molecule has 0 bridgehead atoms. The average molecular weight is 247 g/mol. The second kappa shape index (κ2) is 4.30. The Hall–Kier alpha value is -0.0900. The van der Waals surface area contributed by atoms with Gasteiger partial charge in [-0.15, -0.1) is 0 Å². The molecule has 1 fully saturated rings. The maximum Gasteiger partial charge on any atom is 0.155 e. The predicted molar refractivity (Wildman–Crippen MR) is 68.3 cm³/mol. The number of hydrogen-bond donors (Lipinski definition) is 1. The van der Waals surface area contributed by atoms with Crippen LogP contribution in [-0.2, 0) is 9.84 Å². The molecule has 0 unspecified atom stereocenters. The Kier molecular flexibility index (Phi) is 3.75. The van der Waals surface area contributed by atoms with Gasteiger partial charge in [0.25, 0.3) is 0 Å². The fraction of sp³-hybridized carbons (Fsp3) is 1.00. The van der Waals surface area contributed by atoms with Crippen LogP contribution in [0.1, 0.15) is 41.0 Å². The first-order valence-corrected chi connectivity index (χ1v) is 7.69. The molecule has 1 N–H and O–H groups in total. The van der Waals surface area contributed by atoms with Crippen molar-refractivity contribution in [1.29, 1.82) is 0 Å². The second-order valence-electron chi connectivity index (χ2n) is 6.30. The van der Waals surface area contributed by atoms with E-state index in [-0.39, 0.29) is 5.41 Å². The lowest BCUT2D eigenvalue weighted by Crippen LogP contribution is -2.57. The molecule has 1 saturated heterocycles. The molecule has 0 amide bonds. The molecule has 1 aliphatic heterocycles. The summed E-state index contributed by atoms with van der Waals surface area (Å²) in [5.41, 5.74) is 0.207. The average Bonchev–Trinajstić information content (AvgIpc) is 1.98. The van der Waals surface area contributed by atoms with E-state index < -0.39 is 14.6 Å². The van der Waals surface area contributed by atoms with Crippen molar-refractivity contribution >= 4 is 9.84 Å². The first-order valence-electron chi connectivity index (χ1n) is 6.04. The summed E-state index contributed by atoms with van der Waals surface area (Å²) < 4.78 is 23.5. The Morgan fingerprint density at radius 1 is 1.25 bits per heavy atom. The van der Waals surface area contributed by atoms with Gasteiger partial charge in [-0.1, -0.05) is 13.8 Å². The zero-order valence-corrected chi connectivity index (χ0v) is 11.9. The minimum absolute atomic E-state index is 0.207. The molecule has 1 heterocycles. The monoisotopic (exact) mass is 247 g/mol. The summed E-state index contributed by atoms with van der Waals surface area (Å²) >= 11 is 0. The summed E-state index contributed by atoms with van der Waals surface area (Å²) in [7, 11) is -2.97. The van der Waals surface area contributed by atoms with E-state index in [1.807, 2.05) is 0 Å². The van der Waals surface area contributed by atoms with E-state index in [4.69, 9.17) is 0 Å². The van der Waals surface area contributed by atoms with Crippen LogP contribution in [0.3, 0.4) is 0 Å². The van der Waals surface area contributed by atoms with Crippen LogP contribution in [0.25, 0.3) is 0 Å². The van der Waals surface area contributed by atoms with Crippen molar-refractivity contribution in [1.82, 2.24) is 5.32 Å². The van der Waals surface area contributed by atoms with Crippen molar-refractivity contribution in [2.45, 2.75) is 45.8 Å². The molecule has 0 aromatic rings. The molecule has 16 heavy (non-hydrogen) atoms. The van der Waals surface area contributed by atoms with Gasteiger partial charge in [-0.2, -0.15) is 0 Å². The molecule has 1 rings (SSSR count). The highest BCUT2D eigenvalue weighted by atomic mass is 32.2. The molecule has 0 spiro atoms. The van der Waals surface area contributed by atoms with Crippen LogP contribution < -0.4 is 5.32 Å². The van der Waals surface area contributed by atoms with E-state index in [1.165, 1.54) is 0 Å². The largest absolute Gasteiger partial charge is 0.316 e. The van der Waals surface area contributed by atoms with Gasteiger partial charge in [-0.05, 0) is 38.5 Å². The number of nitrogens with one attached hydrogen (secondary N) is 1. The van der Waals surface area contributed by atoms with E-state index in [0.29, 0.717) is 11.7 Å². The quantitative estimate of drug-likeness (QED) is 0.824. The van der Waals surface area contributed by atoms with Gasteiger partial charge in [0, 0.05) is 13.1 Å². The third-order valence-corrected chi connectivity index (χ3v) is 6.59. The Balaban J connectivity index is 2.65. The predicted octanol–water partition coefficient (Wildman–Crippen LogP) is 1.84. The van der Waals surface area contributed by atoms with Crippen LogP contribution in [0.15, 0.2) is 0 Å². The number of sulfone groups is 1. The van der Waals surface area contributed by atoms with Gasteiger partial charge >= 0.3 is 0 Å². The topological polar surface area (TPSA) is 46.2 Å². The lowest BCUT2D eigenvalue weighted by Gasteiger charge is -2.46. The van der Waals surface area contributed by atoms with Crippen molar-refractivity contribution in [3.05, 3.63) is 0 Å². The Labute approximate surface area is 99.9 Å². The normalized spacial score (nSPS) is 20.9. The lowest BCUT2D eigenvalue weighted by atomic mass is 9.70. The summed E-state index contributed by atoms with van der Waals surface area (Å²) in [4.78, 5) is 0. The van der Waals surface area contributed by atoms with Crippen molar-refractivity contribution in [2.24, 2.45) is 11.3 Å². The molecule has 0 aromatic carbocycles. The van der Waals surface area contributed by atoms with Crippen molar-refractivity contribution in [3.8, 4) is 0 Å². The summed E-state index contributed by atoms with van der Waals surface area (Å²) in [5, 5.41) is 3.26. The summed E-state index contributed by atoms with van der Waals surface area (Å²) in [5.74, 6) is 0.861. The van der Waals surface area contributed by atoms with Crippen LogP contribution in [0.5, 0.6) is 0 Å². The van der Waals surface area contributed by atoms with E-state index in [9.17, 15) is 8.42 Å². The zero-order chi connectivity index (χ0) is 12.6. The summed E-state index contributed by atoms with van der Waals surface area (Å²) in [6.07, 6.45) is 0.789. The van der Waals surface area contributed by atoms with Gasteiger partial charge in [0.15, 0.2) is 9.84 Å². The molecule has 0 atom stereocenters. The molecule has 0 aromatic heterocycles. The molecule has 0 radical (unpaired) electrons. The Bertz CT molecular complexity index is 335. The van der Waals surface area contributed by atoms with Crippen LogP contribution in [0.4, 0.5) is 0 Å². The first-order chi connectivity index (χ1) is 7.11. The molecule has 1 aliphatic rings. The standard InChI is InChI=1S/C12H25NO2S/c1-10(2)12(8-13-9-12)6-7-16(14,15)11(3,4)5/h10,13H,6-9H2,1-5H3. The molecule has 96 valence electrons. The van der Waals surface area contributed by atoms with Crippen LogP contribution in [-0.4, -0.2) is 32.0 Å². The van der Waals surface area contributed by atoms with Crippen LogP contribution in [0, 0.1) is 11.3 Å². The molecule has 0 aliphatic carbocycles. The second-order valence-corrected chi connectivity index (χ2v) is 9.16. The fourth-order valence-electron chi connectivity index (χ4n) is 1.96. The summed E-state index contributed by atoms with van der Waals surface area (Å²) in [6, 6.07) is 0. The minimum atomic E-state index is -2.97. The van der Waals surface area contributed by atoms with Gasteiger partial charge in [0.2, 0.25) is 0 Å². The van der Waals surface area contributed by atoms with Crippen molar-refractivity contribution in [2.75, 3.05) is 18.8 Å². The SMILES string of the molecule is CC(C)C1(CCS(=O)(=O)C(C)(C)C)CNC1. The summed E-state index contributed by atoms with van der Waals surface area (Å²) in [6.45, 7) is 11.6. The number of hydrogen-bond acceptors (Lipinski definition) is 3. The molecule has 0 saturated carbocycles. The molecule has 4 heteroatoms. The molecular formula is C12H25NO2S. The van der Waals surface area contributed by atoms with Crippen LogP contribution in [0.2, 0.25) is 0 Å². The van der Waals surface area contributed by atoms with E-state index in [0.717, 1.165) is 19.5 Å². The van der Waals surface area contributed by atoms with Gasteiger partial charge in [0.05, 0.1) is 10.5 Å². The number of rotatable bonds is 4. The Morgan fingerprint density at radius 2 is 1.75 bits per heavy atom. The van der Waals surface area contributed by atoms with Crippen molar-refractivity contribution in [3.63, 3.8) is 0 Å². The van der Waals surface area contributed by atoms with Crippen molar-refractivity contribution < 1.29 is 8.42 Å². The third-order valence-electron chi connectivity index (χ3n) is 3.98. The highest BCUT2D eigenvalue weighted by Crippen LogP contribution is 2.36. The maximum atomic E-state index is 12.0. The first kappa shape index (κ1) is 14.0. The van der Waals surface area contributed by atoms with Crippen LogP contribution >= 0.6 is 0 Å². The zero-order valence-electron chi connectivity index (χ0n) is 11.1. The van der Waals surface area contributed by atoms with E-state index in [1.54, 1.807) is 20.8 Å². The third kappa shape index (κ3) is 2.59. The van der Waals surface area contributed by atoms with Gasteiger partial charge in [0.1, 0.15) is 0 Å². The minimum Gasteiger partial charge on any atom is -0.316 e. The fourth-order valence-corrected chi connectivity index (χ4v) is 3.25. The Morgan fingerprint density at radius 3 is 2.00 bits per heavy atom. The van der Waals surface area contributed by atoms with Gasteiger partial charge < -0.3 is 5.32 Å². The van der Waals surface area contributed by atoms with E-state index in [2.05, 4.69) is 19.2 Å². The van der Waals surface area contributed by atoms with Gasteiger partial charge in [-0.3, -0.25) is 0 Å².